The van der Waals surface area contributed by atoms with Crippen molar-refractivity contribution in [3.63, 3.8) is 0 Å². The van der Waals surface area contributed by atoms with Gasteiger partial charge in [-0.3, -0.25) is 28.6 Å². The Morgan fingerprint density at radius 1 is 1.02 bits per heavy atom. The number of hydrogen-bond acceptors (Lipinski definition) is 7. The molecule has 0 unspecified atom stereocenters. The monoisotopic (exact) mass is 786 g/mol. The minimum absolute atomic E-state index is 0.00198. The predicted molar refractivity (Wildman–Crippen MR) is 194 cm³/mol. The van der Waals surface area contributed by atoms with Gasteiger partial charge >= 0.3 is 19.8 Å². The fraction of sp³-hybridized carbons (Fsp3) is 0.447. The number of carbonyl (C=O) groups excluding carboxylic acids is 2. The van der Waals surface area contributed by atoms with Gasteiger partial charge in [0.15, 0.2) is 5.69 Å². The van der Waals surface area contributed by atoms with E-state index in [9.17, 15) is 36.3 Å². The second-order valence-corrected chi connectivity index (χ2v) is 15.7. The Morgan fingerprint density at radius 3 is 2.29 bits per heavy atom. The van der Waals surface area contributed by atoms with E-state index in [1.165, 1.54) is 24.8 Å². The van der Waals surface area contributed by atoms with Gasteiger partial charge < -0.3 is 19.5 Å². The summed E-state index contributed by atoms with van der Waals surface area (Å²) >= 11 is 0. The largest absolute Gasteiger partial charge is 0.495 e. The van der Waals surface area contributed by atoms with E-state index in [0.717, 1.165) is 29.1 Å². The molecule has 0 spiro atoms. The molecule has 6 rings (SSSR count). The number of benzene rings is 1. The lowest BCUT2D eigenvalue weighted by molar-refractivity contribution is -0.141. The van der Waals surface area contributed by atoms with Crippen LogP contribution in [0.4, 0.5) is 26.3 Å². The Labute approximate surface area is 319 Å². The summed E-state index contributed by atoms with van der Waals surface area (Å²) in [6, 6.07) is 7.45. The van der Waals surface area contributed by atoms with Crippen LogP contribution in [0.15, 0.2) is 59.7 Å². The summed E-state index contributed by atoms with van der Waals surface area (Å²) in [5.74, 6) is -2.23. The van der Waals surface area contributed by atoms with Crippen molar-refractivity contribution in [1.29, 1.82) is 0 Å². The van der Waals surface area contributed by atoms with E-state index >= 15 is 4.39 Å². The van der Waals surface area contributed by atoms with Crippen molar-refractivity contribution in [3.05, 3.63) is 99.1 Å². The number of aromatic nitrogens is 4. The maximum atomic E-state index is 15.7. The quantitative estimate of drug-likeness (QED) is 0.167. The molecule has 4 aromatic rings. The lowest BCUT2D eigenvalue weighted by Crippen LogP contribution is -2.58. The standard InChI is InChI=1S/C38H41BF6N6O5/c1-21-8-9-22(19-46-21)16-28(49-15-13-24-25(10-11-26(40)31(24)33(49)54)39-55-36(4,5)37(6,7)56-39)32(53)47-35(2,3)20-51-27(18-29(48-51)38(43,44)45)23-12-14-50(34(41)42)30(52)17-23/h8-12,14,17-19,28,34H,13,15-16,20H2,1-7H3,(H,47,53)/t28-/m1/s1. The maximum absolute atomic E-state index is 15.7. The summed E-state index contributed by atoms with van der Waals surface area (Å²) in [6.45, 7) is 8.76. The molecule has 3 aromatic heterocycles. The predicted octanol–water partition coefficient (Wildman–Crippen LogP) is 5.47. The Kier molecular flexibility index (Phi) is 10.5. The van der Waals surface area contributed by atoms with Gasteiger partial charge in [-0.05, 0) is 95.7 Å². The Hall–Kier alpha value is -4.97. The van der Waals surface area contributed by atoms with Crippen LogP contribution in [-0.4, -0.2) is 72.5 Å². The number of halogens is 6. The lowest BCUT2D eigenvalue weighted by atomic mass is 9.72. The number of pyridine rings is 2. The Morgan fingerprint density at radius 2 is 1.70 bits per heavy atom. The third-order valence-corrected chi connectivity index (χ3v) is 10.5. The molecule has 2 aliphatic heterocycles. The molecule has 1 aromatic carbocycles. The highest BCUT2D eigenvalue weighted by atomic mass is 19.4. The van der Waals surface area contributed by atoms with E-state index in [4.69, 9.17) is 9.31 Å². The number of aryl methyl sites for hydroxylation is 1. The van der Waals surface area contributed by atoms with Crippen LogP contribution >= 0.6 is 0 Å². The number of hydrogen-bond donors (Lipinski definition) is 1. The first-order chi connectivity index (χ1) is 26.0. The van der Waals surface area contributed by atoms with Crippen molar-refractivity contribution in [3.8, 4) is 11.3 Å². The van der Waals surface area contributed by atoms with E-state index in [-0.39, 0.29) is 47.3 Å². The topological polar surface area (TPSA) is 121 Å². The molecule has 2 aliphatic rings. The summed E-state index contributed by atoms with van der Waals surface area (Å²) < 4.78 is 97.3. The number of fused-ring (bicyclic) bond motifs is 1. The smallest absolute Gasteiger partial charge is 0.399 e. The number of amides is 2. The van der Waals surface area contributed by atoms with Gasteiger partial charge in [-0.15, -0.1) is 0 Å². The third kappa shape index (κ3) is 7.98. The molecule has 1 N–H and O–H groups in total. The van der Waals surface area contributed by atoms with Gasteiger partial charge in [0.1, 0.15) is 11.9 Å². The number of alkyl halides is 5. The molecule has 5 heterocycles. The fourth-order valence-electron chi connectivity index (χ4n) is 6.84. The number of nitrogens with zero attached hydrogens (tertiary/aromatic N) is 5. The van der Waals surface area contributed by atoms with Crippen molar-refractivity contribution in [2.45, 2.75) is 103 Å². The fourth-order valence-corrected chi connectivity index (χ4v) is 6.84. The SMILES string of the molecule is Cc1ccc(C[C@H](C(=O)NC(C)(C)Cn2nc(C(F)(F)F)cc2-c2ccn(C(F)F)c(=O)c2)N2CCc3c(B4OC(C)(C)C(C)(C)O4)ccc(F)c3C2=O)cn1. The number of nitrogens with one attached hydrogen (secondary N) is 1. The molecule has 2 amide bonds. The van der Waals surface area contributed by atoms with E-state index in [1.54, 1.807) is 25.3 Å². The molecule has 0 aliphatic carbocycles. The van der Waals surface area contributed by atoms with Crippen molar-refractivity contribution in [1.82, 2.24) is 29.5 Å². The molecule has 1 saturated heterocycles. The van der Waals surface area contributed by atoms with Crippen LogP contribution in [0.1, 0.15) is 81.0 Å². The maximum Gasteiger partial charge on any atom is 0.495 e. The zero-order valence-electron chi connectivity index (χ0n) is 31.8. The van der Waals surface area contributed by atoms with Crippen LogP contribution in [0.25, 0.3) is 11.3 Å². The molecule has 298 valence electrons. The van der Waals surface area contributed by atoms with Crippen LogP contribution in [-0.2, 0) is 39.7 Å². The molecular weight excluding hydrogens is 745 g/mol. The highest BCUT2D eigenvalue weighted by Gasteiger charge is 2.53. The molecule has 0 radical (unpaired) electrons. The first kappa shape index (κ1) is 40.7. The molecule has 18 heteroatoms. The van der Waals surface area contributed by atoms with Gasteiger partial charge in [0.2, 0.25) is 5.91 Å². The summed E-state index contributed by atoms with van der Waals surface area (Å²) in [4.78, 5) is 46.6. The summed E-state index contributed by atoms with van der Waals surface area (Å²) in [7, 11) is -0.876. The van der Waals surface area contributed by atoms with Gasteiger partial charge in [0, 0.05) is 42.7 Å². The molecular formula is C38H41BF6N6O5. The van der Waals surface area contributed by atoms with Crippen molar-refractivity contribution >= 4 is 24.4 Å². The van der Waals surface area contributed by atoms with Crippen LogP contribution in [0.2, 0.25) is 0 Å². The van der Waals surface area contributed by atoms with Crippen molar-refractivity contribution in [2.24, 2.45) is 0 Å². The van der Waals surface area contributed by atoms with Gasteiger partial charge in [0.25, 0.3) is 11.5 Å². The minimum Gasteiger partial charge on any atom is -0.399 e. The summed E-state index contributed by atoms with van der Waals surface area (Å²) in [5, 5.41) is 6.54. The lowest BCUT2D eigenvalue weighted by Gasteiger charge is -2.37. The highest BCUT2D eigenvalue weighted by molar-refractivity contribution is 6.62. The van der Waals surface area contributed by atoms with E-state index < -0.39 is 71.5 Å². The van der Waals surface area contributed by atoms with Gasteiger partial charge in [0.05, 0.1) is 34.5 Å². The van der Waals surface area contributed by atoms with E-state index in [0.29, 0.717) is 28.4 Å². The minimum atomic E-state index is -4.90. The Balaban J connectivity index is 1.32. The van der Waals surface area contributed by atoms with Crippen LogP contribution < -0.4 is 16.3 Å². The van der Waals surface area contributed by atoms with E-state index in [2.05, 4.69) is 15.4 Å². The van der Waals surface area contributed by atoms with Gasteiger partial charge in [-0.2, -0.15) is 27.1 Å². The average molecular weight is 787 g/mol. The van der Waals surface area contributed by atoms with Crippen molar-refractivity contribution < 1.29 is 45.2 Å². The zero-order valence-corrected chi connectivity index (χ0v) is 31.8. The van der Waals surface area contributed by atoms with Crippen molar-refractivity contribution in [2.75, 3.05) is 6.54 Å². The average Bonchev–Trinajstić information content (AvgIpc) is 3.60. The number of carbonyl (C=O) groups is 2. The molecule has 1 fully saturated rings. The molecule has 1 atom stereocenters. The zero-order chi connectivity index (χ0) is 41.1. The molecule has 11 nitrogen and oxygen atoms in total. The Bertz CT molecular complexity index is 2200. The van der Waals surface area contributed by atoms with Gasteiger partial charge in [-0.1, -0.05) is 12.1 Å². The first-order valence-corrected chi connectivity index (χ1v) is 17.9. The van der Waals surface area contributed by atoms with Crippen LogP contribution in [0, 0.1) is 12.7 Å². The highest BCUT2D eigenvalue weighted by Crippen LogP contribution is 2.38. The first-order valence-electron chi connectivity index (χ1n) is 17.9. The second-order valence-electron chi connectivity index (χ2n) is 15.7. The second kappa shape index (κ2) is 14.5. The molecule has 0 bridgehead atoms. The number of rotatable bonds is 10. The van der Waals surface area contributed by atoms with Gasteiger partial charge in [-0.25, -0.2) is 4.39 Å². The van der Waals surface area contributed by atoms with E-state index in [1.807, 2.05) is 27.7 Å². The van der Waals surface area contributed by atoms with Crippen LogP contribution in [0.5, 0.6) is 0 Å². The van der Waals surface area contributed by atoms with Crippen LogP contribution in [0.3, 0.4) is 0 Å². The molecule has 56 heavy (non-hydrogen) atoms. The summed E-state index contributed by atoms with van der Waals surface area (Å²) in [6.07, 6.45) is -2.48. The normalized spacial score (nSPS) is 17.4. The molecule has 0 saturated carbocycles. The summed E-state index contributed by atoms with van der Waals surface area (Å²) in [5.41, 5.74) is -3.59. The third-order valence-electron chi connectivity index (χ3n) is 10.5.